The van der Waals surface area contributed by atoms with Crippen LogP contribution >= 0.6 is 0 Å². The van der Waals surface area contributed by atoms with Gasteiger partial charge in [0, 0.05) is 13.0 Å². The summed E-state index contributed by atoms with van der Waals surface area (Å²) in [6, 6.07) is 8.54. The Morgan fingerprint density at radius 3 is 2.65 bits per heavy atom. The Morgan fingerprint density at radius 2 is 2.06 bits per heavy atom. The zero-order chi connectivity index (χ0) is 13.4. The number of aliphatic carboxylic acids is 2. The summed E-state index contributed by atoms with van der Waals surface area (Å²) in [6.07, 6.45) is 0.00212. The van der Waals surface area contributed by atoms with E-state index in [4.69, 9.17) is 6.54 Å². The second-order valence-electron chi connectivity index (χ2n) is 3.67. The number of hydrogen-bond donors (Lipinski definition) is 3. The van der Waals surface area contributed by atoms with Gasteiger partial charge in [-0.2, -0.15) is 0 Å². The lowest BCUT2D eigenvalue weighted by Crippen LogP contribution is -2.36. The van der Waals surface area contributed by atoms with Crippen LogP contribution in [-0.4, -0.2) is 28.2 Å². The first-order chi connectivity index (χ1) is 8.63. The summed E-state index contributed by atoms with van der Waals surface area (Å²) in [5, 5.41) is 15.6. The molecule has 0 aliphatic carbocycles. The highest BCUT2D eigenvalue weighted by Gasteiger charge is 2.17. The smallest absolute Gasteiger partial charge is 0.320 e. The van der Waals surface area contributed by atoms with E-state index in [1.165, 1.54) is 0 Å². The quantitative estimate of drug-likeness (QED) is 0.662. The summed E-state index contributed by atoms with van der Waals surface area (Å²) in [5.41, 5.74) is 0.965. The summed E-state index contributed by atoms with van der Waals surface area (Å²) < 4.78 is 6.38. The van der Waals surface area contributed by atoms with Crippen LogP contribution in [0.25, 0.3) is 1.43 Å². The summed E-state index contributed by atoms with van der Waals surface area (Å²) in [6.45, 7) is 0.410. The van der Waals surface area contributed by atoms with Gasteiger partial charge >= 0.3 is 11.9 Å². The molecule has 0 aliphatic rings. The predicted octanol–water partition coefficient (Wildman–Crippen LogP) is 1.09. The maximum atomic E-state index is 11.0. The third-order valence-electron chi connectivity index (χ3n) is 2.33. The second kappa shape index (κ2) is 6.65. The van der Waals surface area contributed by atoms with Gasteiger partial charge in [0.05, 0.1) is 0 Å². The highest BCUT2D eigenvalue weighted by Crippen LogP contribution is 2.02. The van der Waals surface area contributed by atoms with Gasteiger partial charge in [-0.05, 0) is 12.0 Å². The molecule has 0 aromatic heterocycles. The van der Waals surface area contributed by atoms with Gasteiger partial charge in [0.25, 0.3) is 1.43 Å². The molecule has 0 heterocycles. The predicted molar refractivity (Wildman–Crippen MR) is 61.6 cm³/mol. The molecule has 5 heteroatoms. The monoisotopic (exact) mass is 238 g/mol. The van der Waals surface area contributed by atoms with Crippen LogP contribution in [0, 0.1) is 0 Å². The van der Waals surface area contributed by atoms with Crippen molar-refractivity contribution in [2.75, 3.05) is 0 Å². The topological polar surface area (TPSA) is 86.6 Å². The fraction of sp³-hybridized carbons (Fsp3) is 0.333. The van der Waals surface area contributed by atoms with E-state index in [2.05, 4.69) is 10.4 Å². The van der Waals surface area contributed by atoms with Crippen LogP contribution in [0.2, 0.25) is 0 Å². The van der Waals surface area contributed by atoms with Crippen LogP contribution in [-0.2, 0) is 16.1 Å². The Bertz CT molecular complexity index is 396. The van der Waals surface area contributed by atoms with Crippen LogP contribution in [0.4, 0.5) is 0 Å². The normalized spacial score (nSPS) is 12.6. The molecular weight excluding hydrogens is 222 g/mol. The minimum atomic E-state index is -1.02. The first-order valence-corrected chi connectivity index (χ1v) is 5.29. The molecule has 0 saturated heterocycles. The van der Waals surface area contributed by atoms with Gasteiger partial charge in [-0.15, -0.1) is 0 Å². The molecular formula is C12H15NO4. The maximum absolute atomic E-state index is 11.0. The van der Waals surface area contributed by atoms with Crippen molar-refractivity contribution in [3.8, 4) is 0 Å². The Morgan fingerprint density at radius 1 is 1.35 bits per heavy atom. The molecule has 0 bridgehead atoms. The van der Waals surface area contributed by atoms with Crippen LogP contribution in [0.5, 0.6) is 0 Å². The zero-order valence-corrected chi connectivity index (χ0v) is 9.26. The lowest BCUT2D eigenvalue weighted by molar-refractivity contribution is -0.140. The number of carboxylic acids is 2. The lowest BCUT2D eigenvalue weighted by Gasteiger charge is -2.13. The van der Waals surface area contributed by atoms with Crippen LogP contribution in [0.3, 0.4) is 0 Å². The standard InChI is InChI=1S/C12H15NO4/c14-11(15)7-6-10(12(16)17)13-8-9-4-2-1-3-5-9/h1-5,10,13H,6-8H2,(H,14,15)(H,16,17)/t10-/m0/s1/i/hD. The SMILES string of the molecule is [2H]OC(=O)CC[C@H](NCc1ccccc1)C(=O)O. The van der Waals surface area contributed by atoms with Gasteiger partial charge < -0.3 is 15.5 Å². The molecule has 92 valence electrons. The third-order valence-corrected chi connectivity index (χ3v) is 2.33. The highest BCUT2D eigenvalue weighted by atomic mass is 16.4. The van der Waals surface area contributed by atoms with E-state index in [9.17, 15) is 9.59 Å². The van der Waals surface area contributed by atoms with E-state index in [0.717, 1.165) is 5.56 Å². The fourth-order valence-corrected chi connectivity index (χ4v) is 1.41. The van der Waals surface area contributed by atoms with Crippen molar-refractivity contribution in [3.05, 3.63) is 35.9 Å². The van der Waals surface area contributed by atoms with Crippen molar-refractivity contribution in [1.82, 2.24) is 5.32 Å². The minimum Gasteiger partial charge on any atom is -0.481 e. The largest absolute Gasteiger partial charge is 0.481 e. The molecule has 5 nitrogen and oxygen atoms in total. The van der Waals surface area contributed by atoms with Crippen molar-refractivity contribution in [1.29, 1.82) is 1.43 Å². The second-order valence-corrected chi connectivity index (χ2v) is 3.67. The number of hydrogen-bond acceptors (Lipinski definition) is 4. The molecule has 0 saturated carbocycles. The molecule has 0 aliphatic heterocycles. The molecule has 3 N–H and O–H groups in total. The summed E-state index contributed by atoms with van der Waals surface area (Å²) in [5.74, 6) is -1.76. The van der Waals surface area contributed by atoms with Crippen molar-refractivity contribution in [2.24, 2.45) is 0 Å². The Hall–Kier alpha value is -1.88. The van der Waals surface area contributed by atoms with E-state index in [1.54, 1.807) is 0 Å². The highest BCUT2D eigenvalue weighted by molar-refractivity contribution is 5.75. The molecule has 1 rings (SSSR count). The van der Waals surface area contributed by atoms with Crippen LogP contribution in [0.15, 0.2) is 30.3 Å². The maximum Gasteiger partial charge on any atom is 0.320 e. The first-order valence-electron chi connectivity index (χ1n) is 5.70. The number of carboxylic acid groups (broad SMARTS) is 2. The average molecular weight is 238 g/mol. The molecule has 1 aromatic rings. The minimum absolute atomic E-state index is 0.0950. The summed E-state index contributed by atoms with van der Waals surface area (Å²) in [4.78, 5) is 21.7. The molecule has 1 atom stereocenters. The lowest BCUT2D eigenvalue weighted by atomic mass is 10.1. The van der Waals surface area contributed by atoms with Gasteiger partial charge in [0.2, 0.25) is 0 Å². The van der Waals surface area contributed by atoms with Crippen molar-refractivity contribution in [2.45, 2.75) is 25.4 Å². The third kappa shape index (κ3) is 5.12. The van der Waals surface area contributed by atoms with Gasteiger partial charge in [0.1, 0.15) is 6.04 Å². The first kappa shape index (κ1) is 11.6. The zero-order valence-electron chi connectivity index (χ0n) is 10.3. The van der Waals surface area contributed by atoms with Crippen LogP contribution < -0.4 is 5.32 Å². The molecule has 17 heavy (non-hydrogen) atoms. The summed E-state index contributed by atoms with van der Waals surface area (Å²) in [7, 11) is 0. The van der Waals surface area contributed by atoms with E-state index >= 15 is 0 Å². The van der Waals surface area contributed by atoms with Gasteiger partial charge in [0.15, 0.2) is 0 Å². The van der Waals surface area contributed by atoms with E-state index in [-0.39, 0.29) is 12.8 Å². The molecule has 0 radical (unpaired) electrons. The number of nitrogens with one attached hydrogen (secondary N) is 1. The number of carbonyl (C=O) groups is 2. The van der Waals surface area contributed by atoms with Crippen molar-refractivity contribution < 1.29 is 19.8 Å². The number of rotatable bonds is 7. The average Bonchev–Trinajstić information content (AvgIpc) is 2.39. The van der Waals surface area contributed by atoms with Gasteiger partial charge in [-0.25, -0.2) is 0 Å². The molecule has 0 amide bonds. The van der Waals surface area contributed by atoms with Gasteiger partial charge in [-0.3, -0.25) is 9.59 Å². The van der Waals surface area contributed by atoms with Crippen LogP contribution in [0.1, 0.15) is 18.4 Å². The van der Waals surface area contributed by atoms with Gasteiger partial charge in [-0.1, -0.05) is 30.3 Å². The molecule has 0 spiro atoms. The van der Waals surface area contributed by atoms with E-state index in [0.29, 0.717) is 6.54 Å². The molecule has 0 unspecified atom stereocenters. The Labute approximate surface area is 101 Å². The summed E-state index contributed by atoms with van der Waals surface area (Å²) >= 11 is 0. The molecule has 0 fully saturated rings. The Kier molecular flexibility index (Phi) is 4.54. The molecule has 1 aromatic carbocycles. The Balaban J connectivity index is 2.43. The van der Waals surface area contributed by atoms with E-state index < -0.39 is 18.0 Å². The van der Waals surface area contributed by atoms with Crippen molar-refractivity contribution in [3.63, 3.8) is 0 Å². The fourth-order valence-electron chi connectivity index (χ4n) is 1.41. The van der Waals surface area contributed by atoms with E-state index in [1.807, 2.05) is 30.3 Å². The van der Waals surface area contributed by atoms with Crippen molar-refractivity contribution >= 4 is 11.9 Å². The number of benzene rings is 1.